The molecule has 0 heterocycles. The average Bonchev–Trinajstić information content (AvgIpc) is 2.42. The molecule has 1 saturated carbocycles. The van der Waals surface area contributed by atoms with Gasteiger partial charge in [0.1, 0.15) is 5.75 Å². The van der Waals surface area contributed by atoms with Gasteiger partial charge >= 0.3 is 0 Å². The molecule has 20 heavy (non-hydrogen) atoms. The maximum Gasteiger partial charge on any atom is 0.122 e. The normalized spacial score (nSPS) is 26.5. The summed E-state index contributed by atoms with van der Waals surface area (Å²) in [7, 11) is 1.68. The van der Waals surface area contributed by atoms with Crippen LogP contribution < -0.4 is 10.1 Å². The summed E-state index contributed by atoms with van der Waals surface area (Å²) in [5, 5.41) is 14.3. The van der Waals surface area contributed by atoms with Crippen molar-refractivity contribution in [3.8, 4) is 5.75 Å². The van der Waals surface area contributed by atoms with Gasteiger partial charge in [-0.2, -0.15) is 0 Å². The first-order valence-electron chi connectivity index (χ1n) is 7.34. The van der Waals surface area contributed by atoms with Crippen LogP contribution >= 0.6 is 15.9 Å². The predicted octanol–water partition coefficient (Wildman–Crippen LogP) is 3.28. The van der Waals surface area contributed by atoms with Crippen molar-refractivity contribution < 1.29 is 9.84 Å². The van der Waals surface area contributed by atoms with Crippen molar-refractivity contribution in [3.05, 3.63) is 28.2 Å². The predicted molar refractivity (Wildman–Crippen MR) is 85.3 cm³/mol. The molecular formula is C16H24BrNO2. The fourth-order valence-corrected chi connectivity index (χ4v) is 3.47. The van der Waals surface area contributed by atoms with E-state index in [1.165, 1.54) is 0 Å². The van der Waals surface area contributed by atoms with Crippen molar-refractivity contribution >= 4 is 15.9 Å². The Balaban J connectivity index is 2.04. The Labute approximate surface area is 129 Å². The molecule has 1 aliphatic carbocycles. The average molecular weight is 342 g/mol. The highest BCUT2D eigenvalue weighted by Gasteiger charge is 2.33. The summed E-state index contributed by atoms with van der Waals surface area (Å²) in [6.45, 7) is 3.13. The molecule has 0 saturated heterocycles. The largest absolute Gasteiger partial charge is 0.496 e. The van der Waals surface area contributed by atoms with Gasteiger partial charge in [0.05, 0.1) is 12.7 Å². The minimum Gasteiger partial charge on any atom is -0.496 e. The molecule has 0 spiro atoms. The van der Waals surface area contributed by atoms with Crippen LogP contribution in [0.4, 0.5) is 0 Å². The first kappa shape index (κ1) is 15.8. The Morgan fingerprint density at radius 3 is 2.70 bits per heavy atom. The minimum absolute atomic E-state index is 0.560. The van der Waals surface area contributed by atoms with E-state index in [1.807, 2.05) is 18.2 Å². The Bertz CT molecular complexity index is 442. The maximum absolute atomic E-state index is 10.8. The number of rotatable bonds is 5. The molecule has 2 N–H and O–H groups in total. The second kappa shape index (κ2) is 6.92. The number of benzene rings is 1. The van der Waals surface area contributed by atoms with E-state index in [9.17, 15) is 5.11 Å². The summed E-state index contributed by atoms with van der Waals surface area (Å²) in [5.74, 6) is 0.857. The van der Waals surface area contributed by atoms with Crippen LogP contribution in [0.1, 0.15) is 38.2 Å². The molecule has 0 radical (unpaired) electrons. The molecule has 1 aromatic carbocycles. The van der Waals surface area contributed by atoms with E-state index in [4.69, 9.17) is 4.74 Å². The molecule has 1 fully saturated rings. The van der Waals surface area contributed by atoms with E-state index in [2.05, 4.69) is 28.2 Å². The van der Waals surface area contributed by atoms with Crippen LogP contribution in [0.2, 0.25) is 0 Å². The zero-order valence-corrected chi connectivity index (χ0v) is 13.9. The molecule has 0 unspecified atom stereocenters. The molecule has 0 atom stereocenters. The molecule has 0 aromatic heterocycles. The van der Waals surface area contributed by atoms with Crippen LogP contribution in [-0.2, 0) is 6.42 Å². The molecule has 0 bridgehead atoms. The smallest absolute Gasteiger partial charge is 0.122 e. The molecule has 1 aromatic rings. The first-order chi connectivity index (χ1) is 9.56. The molecule has 0 aliphatic heterocycles. The van der Waals surface area contributed by atoms with Crippen molar-refractivity contribution in [1.29, 1.82) is 0 Å². The third kappa shape index (κ3) is 3.96. The molecule has 112 valence electrons. The number of halogens is 1. The van der Waals surface area contributed by atoms with E-state index < -0.39 is 5.60 Å². The third-order valence-corrected chi connectivity index (χ3v) is 4.66. The SMILES string of the molecule is CCNC1CCC(O)(Cc2cc(Br)ccc2OC)CC1. The van der Waals surface area contributed by atoms with Gasteiger partial charge in [-0.1, -0.05) is 22.9 Å². The van der Waals surface area contributed by atoms with Crippen LogP contribution in [0.5, 0.6) is 5.75 Å². The van der Waals surface area contributed by atoms with Gasteiger partial charge in [0.25, 0.3) is 0 Å². The number of ether oxygens (including phenoxy) is 1. The van der Waals surface area contributed by atoms with Gasteiger partial charge in [-0.05, 0) is 56.0 Å². The second-order valence-corrected chi connectivity index (χ2v) is 6.60. The van der Waals surface area contributed by atoms with Crippen molar-refractivity contribution in [3.63, 3.8) is 0 Å². The summed E-state index contributed by atoms with van der Waals surface area (Å²) in [6.07, 6.45) is 4.44. The first-order valence-corrected chi connectivity index (χ1v) is 8.14. The fourth-order valence-electron chi connectivity index (χ4n) is 3.06. The Morgan fingerprint density at radius 2 is 2.10 bits per heavy atom. The van der Waals surface area contributed by atoms with E-state index in [-0.39, 0.29) is 0 Å². The Kier molecular flexibility index (Phi) is 5.47. The zero-order valence-electron chi connectivity index (χ0n) is 12.3. The molecule has 2 rings (SSSR count). The molecule has 3 nitrogen and oxygen atoms in total. The van der Waals surface area contributed by atoms with E-state index in [0.29, 0.717) is 12.5 Å². The fraction of sp³-hybridized carbons (Fsp3) is 0.625. The van der Waals surface area contributed by atoms with Crippen molar-refractivity contribution in [2.24, 2.45) is 0 Å². The van der Waals surface area contributed by atoms with E-state index in [1.54, 1.807) is 7.11 Å². The summed E-state index contributed by atoms with van der Waals surface area (Å²) in [6, 6.07) is 6.53. The standard InChI is InChI=1S/C16H24BrNO2/c1-3-18-14-6-8-16(19,9-7-14)11-12-10-13(17)4-5-15(12)20-2/h4-5,10,14,18-19H,3,6-9,11H2,1-2H3. The van der Waals surface area contributed by atoms with E-state index in [0.717, 1.165) is 48.0 Å². The number of hydrogen-bond donors (Lipinski definition) is 2. The molecule has 0 amide bonds. The number of nitrogens with one attached hydrogen (secondary N) is 1. The highest BCUT2D eigenvalue weighted by molar-refractivity contribution is 9.10. The quantitative estimate of drug-likeness (QED) is 0.863. The second-order valence-electron chi connectivity index (χ2n) is 5.69. The molecule has 4 heteroatoms. The van der Waals surface area contributed by atoms with Crippen molar-refractivity contribution in [2.45, 2.75) is 50.7 Å². The van der Waals surface area contributed by atoms with Crippen molar-refractivity contribution in [2.75, 3.05) is 13.7 Å². The van der Waals surface area contributed by atoms with Gasteiger partial charge in [0.15, 0.2) is 0 Å². The third-order valence-electron chi connectivity index (χ3n) is 4.17. The maximum atomic E-state index is 10.8. The van der Waals surface area contributed by atoms with Crippen molar-refractivity contribution in [1.82, 2.24) is 5.32 Å². The molecular weight excluding hydrogens is 318 g/mol. The summed E-state index contributed by atoms with van der Waals surface area (Å²) in [5.41, 5.74) is 0.478. The monoisotopic (exact) mass is 341 g/mol. The van der Waals surface area contributed by atoms with Crippen LogP contribution in [0.3, 0.4) is 0 Å². The van der Waals surface area contributed by atoms with Gasteiger partial charge in [-0.15, -0.1) is 0 Å². The zero-order chi connectivity index (χ0) is 14.6. The van der Waals surface area contributed by atoms with Gasteiger partial charge in [-0.3, -0.25) is 0 Å². The van der Waals surface area contributed by atoms with E-state index >= 15 is 0 Å². The minimum atomic E-state index is -0.597. The summed E-state index contributed by atoms with van der Waals surface area (Å²) >= 11 is 3.49. The lowest BCUT2D eigenvalue weighted by Crippen LogP contribution is -2.42. The van der Waals surface area contributed by atoms with Crippen LogP contribution in [0, 0.1) is 0 Å². The van der Waals surface area contributed by atoms with Gasteiger partial charge in [0.2, 0.25) is 0 Å². The van der Waals surface area contributed by atoms with Gasteiger partial charge in [-0.25, -0.2) is 0 Å². The lowest BCUT2D eigenvalue weighted by Gasteiger charge is -2.36. The Morgan fingerprint density at radius 1 is 1.40 bits per heavy atom. The summed E-state index contributed by atoms with van der Waals surface area (Å²) in [4.78, 5) is 0. The lowest BCUT2D eigenvalue weighted by atomic mass is 9.78. The number of aliphatic hydroxyl groups is 1. The summed E-state index contributed by atoms with van der Waals surface area (Å²) < 4.78 is 6.43. The number of methoxy groups -OCH3 is 1. The molecule has 1 aliphatic rings. The number of hydrogen-bond acceptors (Lipinski definition) is 3. The lowest BCUT2D eigenvalue weighted by molar-refractivity contribution is -0.00336. The van der Waals surface area contributed by atoms with Gasteiger partial charge < -0.3 is 15.2 Å². The van der Waals surface area contributed by atoms with Crippen LogP contribution in [-0.4, -0.2) is 30.4 Å². The highest BCUT2D eigenvalue weighted by Crippen LogP contribution is 2.34. The van der Waals surface area contributed by atoms with Gasteiger partial charge in [0, 0.05) is 16.9 Å². The van der Waals surface area contributed by atoms with Crippen LogP contribution in [0.25, 0.3) is 0 Å². The topological polar surface area (TPSA) is 41.5 Å². The Hall–Kier alpha value is -0.580. The van der Waals surface area contributed by atoms with Crippen LogP contribution in [0.15, 0.2) is 22.7 Å². The highest BCUT2D eigenvalue weighted by atomic mass is 79.9.